The summed E-state index contributed by atoms with van der Waals surface area (Å²) in [5.74, 6) is 0.505. The Kier molecular flexibility index (Phi) is 6.09. The molecular formula is C24H20O5. The molecule has 0 N–H and O–H groups in total. The molecule has 0 aliphatic heterocycles. The monoisotopic (exact) mass is 388 g/mol. The first-order valence-electron chi connectivity index (χ1n) is 8.90. The lowest BCUT2D eigenvalue weighted by atomic mass is 10.0. The van der Waals surface area contributed by atoms with Gasteiger partial charge < -0.3 is 14.2 Å². The zero-order chi connectivity index (χ0) is 20.8. The summed E-state index contributed by atoms with van der Waals surface area (Å²) in [7, 11) is 1.62. The van der Waals surface area contributed by atoms with Gasteiger partial charge in [0.05, 0.1) is 12.7 Å². The largest absolute Gasteiger partial charge is 0.497 e. The van der Waals surface area contributed by atoms with Gasteiger partial charge in [-0.2, -0.15) is 0 Å². The molecule has 5 heteroatoms. The van der Waals surface area contributed by atoms with Gasteiger partial charge in [0, 0.05) is 5.57 Å². The first kappa shape index (κ1) is 19.9. The van der Waals surface area contributed by atoms with Gasteiger partial charge in [0.2, 0.25) is 0 Å². The lowest BCUT2D eigenvalue weighted by Gasteiger charge is -2.08. The molecule has 3 aromatic carbocycles. The molecule has 0 unspecified atom stereocenters. The van der Waals surface area contributed by atoms with Gasteiger partial charge in [-0.15, -0.1) is 0 Å². The van der Waals surface area contributed by atoms with Crippen LogP contribution in [-0.2, 0) is 4.79 Å². The van der Waals surface area contributed by atoms with E-state index in [0.717, 1.165) is 16.9 Å². The van der Waals surface area contributed by atoms with Crippen LogP contribution in [-0.4, -0.2) is 19.0 Å². The van der Waals surface area contributed by atoms with E-state index in [-0.39, 0.29) is 0 Å². The summed E-state index contributed by atoms with van der Waals surface area (Å²) in [6.45, 7) is 5.09. The fourth-order valence-corrected chi connectivity index (χ4v) is 2.52. The van der Waals surface area contributed by atoms with E-state index in [2.05, 4.69) is 6.58 Å². The number of esters is 2. The maximum Gasteiger partial charge on any atom is 0.343 e. The van der Waals surface area contributed by atoms with Gasteiger partial charge in [-0.3, -0.25) is 0 Å². The lowest BCUT2D eigenvalue weighted by molar-refractivity contribution is -0.130. The highest BCUT2D eigenvalue weighted by Gasteiger charge is 2.10. The van der Waals surface area contributed by atoms with Crippen molar-refractivity contribution >= 4 is 11.9 Å². The van der Waals surface area contributed by atoms with E-state index < -0.39 is 11.9 Å². The smallest absolute Gasteiger partial charge is 0.343 e. The summed E-state index contributed by atoms with van der Waals surface area (Å²) in [6, 6.07) is 21.0. The minimum atomic E-state index is -0.508. The van der Waals surface area contributed by atoms with Gasteiger partial charge in [0.15, 0.2) is 0 Å². The van der Waals surface area contributed by atoms with Crippen LogP contribution in [0.5, 0.6) is 17.2 Å². The standard InChI is InChI=1S/C24H20O5/c1-16(2)23(25)28-21-12-14-22(15-13-21)29-24(26)19-6-4-17(5-7-19)18-8-10-20(27-3)11-9-18/h4-15H,1H2,2-3H3. The average molecular weight is 388 g/mol. The fraction of sp³-hybridized carbons (Fsp3) is 0.0833. The molecule has 5 nitrogen and oxygen atoms in total. The maximum atomic E-state index is 12.4. The van der Waals surface area contributed by atoms with Gasteiger partial charge in [0.25, 0.3) is 0 Å². The second-order valence-corrected chi connectivity index (χ2v) is 6.34. The fourth-order valence-electron chi connectivity index (χ4n) is 2.52. The van der Waals surface area contributed by atoms with Crippen molar-refractivity contribution in [3.05, 3.63) is 90.5 Å². The molecular weight excluding hydrogens is 368 g/mol. The molecule has 0 saturated heterocycles. The molecule has 0 fully saturated rings. The van der Waals surface area contributed by atoms with Crippen molar-refractivity contribution in [3.8, 4) is 28.4 Å². The Morgan fingerprint density at radius 3 is 1.62 bits per heavy atom. The lowest BCUT2D eigenvalue weighted by Crippen LogP contribution is -2.09. The summed E-state index contributed by atoms with van der Waals surface area (Å²) in [5.41, 5.74) is 2.73. The molecule has 0 saturated carbocycles. The molecule has 146 valence electrons. The number of benzene rings is 3. The van der Waals surface area contributed by atoms with Crippen molar-refractivity contribution in [1.82, 2.24) is 0 Å². The molecule has 0 aromatic heterocycles. The van der Waals surface area contributed by atoms with E-state index in [4.69, 9.17) is 14.2 Å². The molecule has 0 spiro atoms. The number of hydrogen-bond acceptors (Lipinski definition) is 5. The minimum absolute atomic E-state index is 0.304. The number of methoxy groups -OCH3 is 1. The van der Waals surface area contributed by atoms with Crippen LogP contribution in [0.3, 0.4) is 0 Å². The van der Waals surface area contributed by atoms with Crippen LogP contribution in [0.4, 0.5) is 0 Å². The third-order valence-electron chi connectivity index (χ3n) is 4.14. The summed E-state index contributed by atoms with van der Waals surface area (Å²) in [6.07, 6.45) is 0. The van der Waals surface area contributed by atoms with Crippen molar-refractivity contribution in [3.63, 3.8) is 0 Å². The Bertz CT molecular complexity index is 1020. The molecule has 0 bridgehead atoms. The Morgan fingerprint density at radius 2 is 1.14 bits per heavy atom. The molecule has 3 aromatic rings. The van der Waals surface area contributed by atoms with Crippen LogP contribution in [0.2, 0.25) is 0 Å². The van der Waals surface area contributed by atoms with E-state index in [9.17, 15) is 9.59 Å². The first-order chi connectivity index (χ1) is 14.0. The predicted molar refractivity (Wildman–Crippen MR) is 110 cm³/mol. The molecule has 29 heavy (non-hydrogen) atoms. The number of ether oxygens (including phenoxy) is 3. The number of hydrogen-bond donors (Lipinski definition) is 0. The van der Waals surface area contributed by atoms with Crippen LogP contribution >= 0.6 is 0 Å². The summed E-state index contributed by atoms with van der Waals surface area (Å²) in [4.78, 5) is 23.9. The normalized spacial score (nSPS) is 10.1. The Morgan fingerprint density at radius 1 is 0.690 bits per heavy atom. The zero-order valence-corrected chi connectivity index (χ0v) is 16.2. The van der Waals surface area contributed by atoms with Gasteiger partial charge in [-0.25, -0.2) is 9.59 Å². The van der Waals surface area contributed by atoms with Crippen LogP contribution in [0, 0.1) is 0 Å². The topological polar surface area (TPSA) is 61.8 Å². The number of carbonyl (C=O) groups excluding carboxylic acids is 2. The van der Waals surface area contributed by atoms with E-state index in [0.29, 0.717) is 22.6 Å². The van der Waals surface area contributed by atoms with Gasteiger partial charge in [0.1, 0.15) is 17.2 Å². The van der Waals surface area contributed by atoms with Crippen molar-refractivity contribution in [1.29, 1.82) is 0 Å². The molecule has 0 aliphatic rings. The van der Waals surface area contributed by atoms with Crippen LogP contribution in [0.15, 0.2) is 84.9 Å². The summed E-state index contributed by atoms with van der Waals surface area (Å²) < 4.78 is 15.6. The quantitative estimate of drug-likeness (QED) is 0.335. The van der Waals surface area contributed by atoms with E-state index in [1.807, 2.05) is 36.4 Å². The van der Waals surface area contributed by atoms with Crippen molar-refractivity contribution in [2.75, 3.05) is 7.11 Å². The van der Waals surface area contributed by atoms with Crippen LogP contribution in [0.25, 0.3) is 11.1 Å². The van der Waals surface area contributed by atoms with E-state index in [1.54, 1.807) is 50.4 Å². The second kappa shape index (κ2) is 8.89. The number of carbonyl (C=O) groups is 2. The highest BCUT2D eigenvalue weighted by Crippen LogP contribution is 2.24. The summed E-state index contributed by atoms with van der Waals surface area (Å²) in [5, 5.41) is 0. The Labute approximate surface area is 169 Å². The zero-order valence-electron chi connectivity index (χ0n) is 16.2. The average Bonchev–Trinajstić information content (AvgIpc) is 2.75. The molecule has 0 heterocycles. The third kappa shape index (κ3) is 5.11. The van der Waals surface area contributed by atoms with E-state index >= 15 is 0 Å². The maximum absolute atomic E-state index is 12.4. The van der Waals surface area contributed by atoms with Gasteiger partial charge >= 0.3 is 11.9 Å². The van der Waals surface area contributed by atoms with Crippen molar-refractivity contribution < 1.29 is 23.8 Å². The Balaban J connectivity index is 1.64. The summed E-state index contributed by atoms with van der Waals surface area (Å²) >= 11 is 0. The highest BCUT2D eigenvalue weighted by molar-refractivity contribution is 5.92. The van der Waals surface area contributed by atoms with Gasteiger partial charge in [-0.05, 0) is 66.6 Å². The van der Waals surface area contributed by atoms with Gasteiger partial charge in [-0.1, -0.05) is 30.8 Å². The molecule has 0 radical (unpaired) electrons. The molecule has 0 aliphatic carbocycles. The number of rotatable bonds is 6. The minimum Gasteiger partial charge on any atom is -0.497 e. The SMILES string of the molecule is C=C(C)C(=O)Oc1ccc(OC(=O)c2ccc(-c3ccc(OC)cc3)cc2)cc1. The van der Waals surface area contributed by atoms with Crippen molar-refractivity contribution in [2.24, 2.45) is 0 Å². The molecule has 0 amide bonds. The molecule has 0 atom stereocenters. The first-order valence-corrected chi connectivity index (χ1v) is 8.90. The van der Waals surface area contributed by atoms with Crippen LogP contribution in [0.1, 0.15) is 17.3 Å². The molecule has 3 rings (SSSR count). The van der Waals surface area contributed by atoms with E-state index in [1.165, 1.54) is 0 Å². The third-order valence-corrected chi connectivity index (χ3v) is 4.14. The van der Waals surface area contributed by atoms with Crippen LogP contribution < -0.4 is 14.2 Å². The van der Waals surface area contributed by atoms with Crippen molar-refractivity contribution in [2.45, 2.75) is 6.92 Å². The highest BCUT2D eigenvalue weighted by atomic mass is 16.5. The predicted octanol–water partition coefficient (Wildman–Crippen LogP) is 5.06. The second-order valence-electron chi connectivity index (χ2n) is 6.34. The Hall–Kier alpha value is -3.86.